The van der Waals surface area contributed by atoms with Crippen LogP contribution in [-0.4, -0.2) is 22.8 Å². The number of amides is 1. The summed E-state index contributed by atoms with van der Waals surface area (Å²) in [5, 5.41) is 7.51. The van der Waals surface area contributed by atoms with Gasteiger partial charge in [-0.3, -0.25) is 9.48 Å². The molecule has 0 radical (unpaired) electrons. The molecule has 5 nitrogen and oxygen atoms in total. The van der Waals surface area contributed by atoms with Crippen LogP contribution in [0.4, 0.5) is 0 Å². The molecule has 2 rings (SSSR count). The third-order valence-electron chi connectivity index (χ3n) is 2.95. The maximum Gasteiger partial charge on any atom is 0.251 e. The van der Waals surface area contributed by atoms with Gasteiger partial charge in [0.15, 0.2) is 0 Å². The molecule has 0 saturated carbocycles. The lowest BCUT2D eigenvalue weighted by Crippen LogP contribution is -2.24. The van der Waals surface area contributed by atoms with Crippen LogP contribution in [0.1, 0.15) is 23.0 Å². The second kappa shape index (κ2) is 6.43. The van der Waals surface area contributed by atoms with Crippen molar-refractivity contribution in [1.82, 2.24) is 15.1 Å². The SMILES string of the molecule is CCn1ncc(Cl)c1CNC(=O)c1cccc(OC)c1. The van der Waals surface area contributed by atoms with Gasteiger partial charge in [-0.1, -0.05) is 17.7 Å². The molecule has 0 unspecified atom stereocenters. The average molecular weight is 294 g/mol. The smallest absolute Gasteiger partial charge is 0.251 e. The van der Waals surface area contributed by atoms with Crippen LogP contribution in [0.2, 0.25) is 5.02 Å². The summed E-state index contributed by atoms with van der Waals surface area (Å²) in [6, 6.07) is 6.99. The number of aromatic nitrogens is 2. The van der Waals surface area contributed by atoms with Crippen molar-refractivity contribution in [2.24, 2.45) is 0 Å². The van der Waals surface area contributed by atoms with E-state index >= 15 is 0 Å². The predicted octanol–water partition coefficient (Wildman–Crippen LogP) is 2.50. The highest BCUT2D eigenvalue weighted by Crippen LogP contribution is 2.16. The highest BCUT2D eigenvalue weighted by molar-refractivity contribution is 6.31. The molecule has 6 heteroatoms. The van der Waals surface area contributed by atoms with Crippen LogP contribution in [-0.2, 0) is 13.1 Å². The van der Waals surface area contributed by atoms with E-state index in [1.807, 2.05) is 6.92 Å². The van der Waals surface area contributed by atoms with Crippen molar-refractivity contribution in [2.75, 3.05) is 7.11 Å². The molecule has 0 atom stereocenters. The minimum atomic E-state index is -0.177. The minimum absolute atomic E-state index is 0.177. The highest BCUT2D eigenvalue weighted by atomic mass is 35.5. The standard InChI is InChI=1S/C14H16ClN3O2/c1-3-18-13(12(15)8-17-18)9-16-14(19)10-5-4-6-11(7-10)20-2/h4-8H,3,9H2,1-2H3,(H,16,19). The second-order valence-corrected chi connectivity index (χ2v) is 4.58. The number of rotatable bonds is 5. The number of aryl methyl sites for hydroxylation is 1. The van der Waals surface area contributed by atoms with Crippen molar-refractivity contribution in [3.8, 4) is 5.75 Å². The van der Waals surface area contributed by atoms with Gasteiger partial charge in [-0.25, -0.2) is 0 Å². The maximum atomic E-state index is 12.1. The number of hydrogen-bond acceptors (Lipinski definition) is 3. The topological polar surface area (TPSA) is 56.2 Å². The summed E-state index contributed by atoms with van der Waals surface area (Å²) in [6.45, 7) is 3.01. The van der Waals surface area contributed by atoms with Crippen molar-refractivity contribution in [3.05, 3.63) is 46.7 Å². The Bertz CT molecular complexity index is 610. The van der Waals surface area contributed by atoms with Gasteiger partial charge in [-0.05, 0) is 25.1 Å². The zero-order chi connectivity index (χ0) is 14.5. The van der Waals surface area contributed by atoms with Crippen molar-refractivity contribution in [3.63, 3.8) is 0 Å². The molecule has 0 spiro atoms. The summed E-state index contributed by atoms with van der Waals surface area (Å²) in [5.41, 5.74) is 1.34. The Labute approximate surface area is 122 Å². The summed E-state index contributed by atoms with van der Waals surface area (Å²) in [7, 11) is 1.57. The number of halogens is 1. The zero-order valence-corrected chi connectivity index (χ0v) is 12.1. The first-order chi connectivity index (χ1) is 9.65. The summed E-state index contributed by atoms with van der Waals surface area (Å²) in [4.78, 5) is 12.1. The van der Waals surface area contributed by atoms with E-state index in [0.717, 1.165) is 5.69 Å². The largest absolute Gasteiger partial charge is 0.497 e. The average Bonchev–Trinajstić information content (AvgIpc) is 2.85. The summed E-state index contributed by atoms with van der Waals surface area (Å²) in [5.74, 6) is 0.470. The number of hydrogen-bond donors (Lipinski definition) is 1. The lowest BCUT2D eigenvalue weighted by molar-refractivity contribution is 0.0949. The molecular weight excluding hydrogens is 278 g/mol. The van der Waals surface area contributed by atoms with Crippen LogP contribution in [0.25, 0.3) is 0 Å². The number of carbonyl (C=O) groups is 1. The van der Waals surface area contributed by atoms with Gasteiger partial charge in [0.1, 0.15) is 5.75 Å². The molecule has 0 bridgehead atoms. The first-order valence-corrected chi connectivity index (χ1v) is 6.66. The highest BCUT2D eigenvalue weighted by Gasteiger charge is 2.11. The lowest BCUT2D eigenvalue weighted by Gasteiger charge is -2.08. The Balaban J connectivity index is 2.06. The van der Waals surface area contributed by atoms with Crippen LogP contribution in [0.3, 0.4) is 0 Å². The molecule has 0 aliphatic rings. The normalized spacial score (nSPS) is 10.3. The van der Waals surface area contributed by atoms with Crippen molar-refractivity contribution in [1.29, 1.82) is 0 Å². The Morgan fingerprint density at radius 2 is 2.30 bits per heavy atom. The number of carbonyl (C=O) groups excluding carboxylic acids is 1. The molecule has 2 aromatic rings. The Hall–Kier alpha value is -2.01. The molecule has 106 valence electrons. The van der Waals surface area contributed by atoms with Crippen molar-refractivity contribution in [2.45, 2.75) is 20.0 Å². The van der Waals surface area contributed by atoms with Gasteiger partial charge < -0.3 is 10.1 Å². The van der Waals surface area contributed by atoms with Crippen LogP contribution in [0, 0.1) is 0 Å². The van der Waals surface area contributed by atoms with E-state index in [0.29, 0.717) is 29.4 Å². The van der Waals surface area contributed by atoms with E-state index in [9.17, 15) is 4.79 Å². The third kappa shape index (κ3) is 3.11. The number of methoxy groups -OCH3 is 1. The Morgan fingerprint density at radius 3 is 3.00 bits per heavy atom. The van der Waals surface area contributed by atoms with Crippen LogP contribution >= 0.6 is 11.6 Å². The van der Waals surface area contributed by atoms with Gasteiger partial charge >= 0.3 is 0 Å². The predicted molar refractivity (Wildman–Crippen MR) is 77.1 cm³/mol. The van der Waals surface area contributed by atoms with E-state index < -0.39 is 0 Å². The molecule has 0 fully saturated rings. The molecule has 0 aliphatic heterocycles. The van der Waals surface area contributed by atoms with Crippen molar-refractivity contribution >= 4 is 17.5 Å². The molecule has 1 aromatic carbocycles. The first-order valence-electron chi connectivity index (χ1n) is 6.28. The number of nitrogens with zero attached hydrogens (tertiary/aromatic N) is 2. The van der Waals surface area contributed by atoms with E-state index in [1.54, 1.807) is 42.3 Å². The molecular formula is C14H16ClN3O2. The van der Waals surface area contributed by atoms with E-state index in [2.05, 4.69) is 10.4 Å². The van der Waals surface area contributed by atoms with E-state index in [-0.39, 0.29) is 5.91 Å². The van der Waals surface area contributed by atoms with Crippen LogP contribution < -0.4 is 10.1 Å². The molecule has 20 heavy (non-hydrogen) atoms. The summed E-state index contributed by atoms with van der Waals surface area (Å²) < 4.78 is 6.85. The Kier molecular flexibility index (Phi) is 4.63. The Morgan fingerprint density at radius 1 is 1.50 bits per heavy atom. The third-order valence-corrected chi connectivity index (χ3v) is 3.26. The monoisotopic (exact) mass is 293 g/mol. The van der Waals surface area contributed by atoms with Gasteiger partial charge in [-0.15, -0.1) is 0 Å². The van der Waals surface area contributed by atoms with Crippen LogP contribution in [0.5, 0.6) is 5.75 Å². The molecule has 0 aliphatic carbocycles. The van der Waals surface area contributed by atoms with Gasteiger partial charge in [0.25, 0.3) is 5.91 Å². The van der Waals surface area contributed by atoms with Gasteiger partial charge in [-0.2, -0.15) is 5.10 Å². The summed E-state index contributed by atoms with van der Waals surface area (Å²) >= 11 is 6.05. The fourth-order valence-corrected chi connectivity index (χ4v) is 2.07. The fourth-order valence-electron chi connectivity index (χ4n) is 1.87. The molecule has 1 N–H and O–H groups in total. The maximum absolute atomic E-state index is 12.1. The van der Waals surface area contributed by atoms with Gasteiger partial charge in [0.2, 0.25) is 0 Å². The fraction of sp³-hybridized carbons (Fsp3) is 0.286. The number of benzene rings is 1. The number of nitrogens with one attached hydrogen (secondary N) is 1. The van der Waals surface area contributed by atoms with Crippen molar-refractivity contribution < 1.29 is 9.53 Å². The first kappa shape index (κ1) is 14.4. The number of ether oxygens (including phenoxy) is 1. The van der Waals surface area contributed by atoms with E-state index in [4.69, 9.17) is 16.3 Å². The molecule has 1 amide bonds. The minimum Gasteiger partial charge on any atom is -0.497 e. The van der Waals surface area contributed by atoms with E-state index in [1.165, 1.54) is 0 Å². The van der Waals surface area contributed by atoms with Gasteiger partial charge in [0.05, 0.1) is 30.6 Å². The van der Waals surface area contributed by atoms with Crippen LogP contribution in [0.15, 0.2) is 30.5 Å². The quantitative estimate of drug-likeness (QED) is 0.921. The zero-order valence-electron chi connectivity index (χ0n) is 11.4. The molecule has 0 saturated heterocycles. The summed E-state index contributed by atoms with van der Waals surface area (Å²) in [6.07, 6.45) is 1.58. The molecule has 1 heterocycles. The lowest BCUT2D eigenvalue weighted by atomic mass is 10.2. The second-order valence-electron chi connectivity index (χ2n) is 4.17. The molecule has 1 aromatic heterocycles. The van der Waals surface area contributed by atoms with Gasteiger partial charge in [0, 0.05) is 12.1 Å².